The highest BCUT2D eigenvalue weighted by Gasteiger charge is 2.20. The predicted molar refractivity (Wildman–Crippen MR) is 33.3 cm³/mol. The van der Waals surface area contributed by atoms with E-state index in [0.717, 1.165) is 0 Å². The third kappa shape index (κ3) is 4.25. The first-order chi connectivity index (χ1) is 5.26. The van der Waals surface area contributed by atoms with Gasteiger partial charge in [-0.3, -0.25) is 0 Å². The van der Waals surface area contributed by atoms with Crippen LogP contribution in [0.3, 0.4) is 0 Å². The van der Waals surface area contributed by atoms with Crippen molar-refractivity contribution >= 4 is 0 Å². The summed E-state index contributed by atoms with van der Waals surface area (Å²) in [4.78, 5) is 4.06. The maximum absolute atomic E-state index is 8.89. The SMILES string of the molecule is CCOC(OOO)C(O)CO. The number of ether oxygens (including phenoxy) is 1. The smallest absolute Gasteiger partial charge is 0.222 e. The predicted octanol–water partition coefficient (Wildman–Crippen LogP) is -0.877. The van der Waals surface area contributed by atoms with Gasteiger partial charge in [-0.15, -0.1) is 0 Å². The van der Waals surface area contributed by atoms with Gasteiger partial charge in [-0.2, -0.15) is 4.89 Å². The van der Waals surface area contributed by atoms with E-state index in [4.69, 9.17) is 20.2 Å². The summed E-state index contributed by atoms with van der Waals surface area (Å²) in [6.07, 6.45) is -2.41. The molecule has 0 fully saturated rings. The first kappa shape index (κ1) is 10.8. The van der Waals surface area contributed by atoms with Crippen molar-refractivity contribution in [3.8, 4) is 0 Å². The van der Waals surface area contributed by atoms with Crippen molar-refractivity contribution in [2.45, 2.75) is 19.3 Å². The number of hydrogen-bond donors (Lipinski definition) is 3. The fourth-order valence-corrected chi connectivity index (χ4v) is 0.496. The summed E-state index contributed by atoms with van der Waals surface area (Å²) in [6.45, 7) is 1.40. The van der Waals surface area contributed by atoms with Crippen molar-refractivity contribution < 1.29 is 30.1 Å². The average molecular weight is 168 g/mol. The lowest BCUT2D eigenvalue weighted by atomic mass is 10.4. The molecular weight excluding hydrogens is 156 g/mol. The summed E-state index contributed by atoms with van der Waals surface area (Å²) in [6, 6.07) is 0. The molecule has 68 valence electrons. The molecule has 0 radical (unpaired) electrons. The maximum Gasteiger partial charge on any atom is 0.222 e. The van der Waals surface area contributed by atoms with Crippen molar-refractivity contribution in [1.82, 2.24) is 0 Å². The fraction of sp³-hybridized carbons (Fsp3) is 1.00. The lowest BCUT2D eigenvalue weighted by Crippen LogP contribution is -2.34. The summed E-state index contributed by atoms with van der Waals surface area (Å²) < 4.78 is 4.72. The molecule has 0 spiro atoms. The molecule has 2 unspecified atom stereocenters. The first-order valence-corrected chi connectivity index (χ1v) is 3.13. The fourth-order valence-electron chi connectivity index (χ4n) is 0.496. The standard InChI is InChI=1S/C5H12O6/c1-2-9-5(10-11-8)4(7)3-6/h4-8H,2-3H2,1H3. The molecule has 0 saturated heterocycles. The van der Waals surface area contributed by atoms with E-state index in [0.29, 0.717) is 0 Å². The van der Waals surface area contributed by atoms with Crippen molar-refractivity contribution in [2.75, 3.05) is 13.2 Å². The Morgan fingerprint density at radius 3 is 2.45 bits per heavy atom. The van der Waals surface area contributed by atoms with Crippen LogP contribution < -0.4 is 0 Å². The highest BCUT2D eigenvalue weighted by atomic mass is 17.5. The molecular formula is C5H12O6. The topological polar surface area (TPSA) is 88.4 Å². The molecule has 0 aliphatic carbocycles. The minimum absolute atomic E-state index is 0.269. The second-order valence-corrected chi connectivity index (χ2v) is 1.74. The van der Waals surface area contributed by atoms with Crippen molar-refractivity contribution in [3.63, 3.8) is 0 Å². The molecule has 0 bridgehead atoms. The van der Waals surface area contributed by atoms with Gasteiger partial charge >= 0.3 is 0 Å². The Kier molecular flexibility index (Phi) is 6.33. The van der Waals surface area contributed by atoms with Crippen LogP contribution in [0.25, 0.3) is 0 Å². The van der Waals surface area contributed by atoms with E-state index in [9.17, 15) is 0 Å². The minimum atomic E-state index is -1.23. The summed E-state index contributed by atoms with van der Waals surface area (Å²) in [5.41, 5.74) is 0. The summed E-state index contributed by atoms with van der Waals surface area (Å²) in [5.74, 6) is 0. The van der Waals surface area contributed by atoms with E-state index in [1.807, 2.05) is 0 Å². The van der Waals surface area contributed by atoms with Gasteiger partial charge in [0.25, 0.3) is 0 Å². The first-order valence-electron chi connectivity index (χ1n) is 3.13. The molecule has 6 heteroatoms. The molecule has 0 aromatic heterocycles. The highest BCUT2D eigenvalue weighted by Crippen LogP contribution is 2.00. The minimum Gasteiger partial charge on any atom is -0.393 e. The highest BCUT2D eigenvalue weighted by molar-refractivity contribution is 4.55. The Morgan fingerprint density at radius 1 is 1.45 bits per heavy atom. The lowest BCUT2D eigenvalue weighted by molar-refractivity contribution is -0.536. The maximum atomic E-state index is 8.89. The number of aliphatic hydroxyl groups excluding tert-OH is 2. The van der Waals surface area contributed by atoms with E-state index < -0.39 is 19.0 Å². The zero-order valence-corrected chi connectivity index (χ0v) is 6.14. The zero-order valence-electron chi connectivity index (χ0n) is 6.14. The second kappa shape index (κ2) is 6.47. The summed E-state index contributed by atoms with van der Waals surface area (Å²) in [7, 11) is 0. The van der Waals surface area contributed by atoms with Crippen LogP contribution in [0, 0.1) is 0 Å². The van der Waals surface area contributed by atoms with Gasteiger partial charge in [0.1, 0.15) is 6.10 Å². The molecule has 6 nitrogen and oxygen atoms in total. The molecule has 0 aromatic rings. The van der Waals surface area contributed by atoms with Crippen LogP contribution in [0.1, 0.15) is 6.92 Å². The number of rotatable bonds is 6. The Morgan fingerprint density at radius 2 is 2.09 bits per heavy atom. The van der Waals surface area contributed by atoms with Gasteiger partial charge in [0.15, 0.2) is 0 Å². The molecule has 0 heterocycles. The van der Waals surface area contributed by atoms with Gasteiger partial charge in [-0.05, 0) is 6.92 Å². The normalized spacial score (nSPS) is 16.4. The Hall–Kier alpha value is -0.240. The van der Waals surface area contributed by atoms with Gasteiger partial charge in [-0.1, -0.05) is 5.04 Å². The molecule has 0 aromatic carbocycles. The Balaban J connectivity index is 3.66. The van der Waals surface area contributed by atoms with Crippen LogP contribution in [0.15, 0.2) is 0 Å². The molecule has 0 rings (SSSR count). The Bertz CT molecular complexity index is 81.0. The molecule has 0 amide bonds. The van der Waals surface area contributed by atoms with E-state index in [1.165, 1.54) is 0 Å². The largest absolute Gasteiger partial charge is 0.393 e. The molecule has 0 saturated carbocycles. The van der Waals surface area contributed by atoms with Crippen LogP contribution in [0.2, 0.25) is 0 Å². The van der Waals surface area contributed by atoms with Gasteiger partial charge in [0, 0.05) is 6.61 Å². The number of aliphatic hydroxyl groups is 2. The van der Waals surface area contributed by atoms with Gasteiger partial charge in [0.2, 0.25) is 6.29 Å². The molecule has 0 aliphatic rings. The van der Waals surface area contributed by atoms with Crippen LogP contribution in [-0.2, 0) is 14.7 Å². The monoisotopic (exact) mass is 168 g/mol. The van der Waals surface area contributed by atoms with Crippen molar-refractivity contribution in [1.29, 1.82) is 0 Å². The van der Waals surface area contributed by atoms with Crippen molar-refractivity contribution in [3.05, 3.63) is 0 Å². The summed E-state index contributed by atoms with van der Waals surface area (Å²) in [5, 5.41) is 28.4. The average Bonchev–Trinajstić information content (AvgIpc) is 2.03. The third-order valence-electron chi connectivity index (χ3n) is 0.970. The quantitative estimate of drug-likeness (QED) is 0.271. The van der Waals surface area contributed by atoms with Gasteiger partial charge < -0.3 is 14.9 Å². The van der Waals surface area contributed by atoms with Crippen LogP contribution in [-0.4, -0.2) is 41.1 Å². The zero-order chi connectivity index (χ0) is 8.69. The molecule has 2 atom stereocenters. The van der Waals surface area contributed by atoms with Crippen LogP contribution in [0.5, 0.6) is 0 Å². The third-order valence-corrected chi connectivity index (χ3v) is 0.970. The van der Waals surface area contributed by atoms with Crippen LogP contribution >= 0.6 is 0 Å². The van der Waals surface area contributed by atoms with Gasteiger partial charge in [-0.25, -0.2) is 5.26 Å². The van der Waals surface area contributed by atoms with Gasteiger partial charge in [0.05, 0.1) is 6.61 Å². The van der Waals surface area contributed by atoms with Crippen LogP contribution in [0.4, 0.5) is 0 Å². The molecule has 0 aliphatic heterocycles. The molecule has 11 heavy (non-hydrogen) atoms. The summed E-state index contributed by atoms with van der Waals surface area (Å²) >= 11 is 0. The van der Waals surface area contributed by atoms with E-state index in [-0.39, 0.29) is 6.61 Å². The van der Waals surface area contributed by atoms with Crippen molar-refractivity contribution in [2.24, 2.45) is 0 Å². The van der Waals surface area contributed by atoms with E-state index in [2.05, 4.69) is 9.93 Å². The lowest BCUT2D eigenvalue weighted by Gasteiger charge is -2.17. The molecule has 3 N–H and O–H groups in total. The Labute approximate surface area is 63.8 Å². The number of hydrogen-bond acceptors (Lipinski definition) is 6. The van der Waals surface area contributed by atoms with E-state index in [1.54, 1.807) is 6.92 Å². The second-order valence-electron chi connectivity index (χ2n) is 1.74. The van der Waals surface area contributed by atoms with E-state index >= 15 is 0 Å².